The predicted molar refractivity (Wildman–Crippen MR) is 52.1 cm³/mol. The number of benzene rings is 1. The minimum Gasteiger partial charge on any atom is -0.387 e. The van der Waals surface area contributed by atoms with Crippen molar-refractivity contribution in [2.45, 2.75) is 6.10 Å². The summed E-state index contributed by atoms with van der Waals surface area (Å²) in [5, 5.41) is 10.2. The van der Waals surface area contributed by atoms with E-state index in [0.29, 0.717) is 15.6 Å². The molecule has 0 heterocycles. The van der Waals surface area contributed by atoms with Crippen molar-refractivity contribution in [3.8, 4) is 0 Å². The number of hydrogen-bond donors (Lipinski definition) is 1. The van der Waals surface area contributed by atoms with Gasteiger partial charge >= 0.3 is 0 Å². The van der Waals surface area contributed by atoms with E-state index in [0.717, 1.165) is 0 Å². The SMILES string of the molecule is O[C@H](CCl)c1ccc(Cl)c(Cl)c1. The summed E-state index contributed by atoms with van der Waals surface area (Å²) in [6, 6.07) is 4.94. The first-order chi connectivity index (χ1) is 5.65. The lowest BCUT2D eigenvalue weighted by atomic mass is 10.1. The molecule has 0 aliphatic rings. The van der Waals surface area contributed by atoms with Crippen molar-refractivity contribution in [1.82, 2.24) is 0 Å². The van der Waals surface area contributed by atoms with Crippen LogP contribution >= 0.6 is 34.8 Å². The molecule has 0 saturated carbocycles. The molecule has 0 radical (unpaired) electrons. The Bertz CT molecular complexity index is 275. The van der Waals surface area contributed by atoms with E-state index in [-0.39, 0.29) is 5.88 Å². The van der Waals surface area contributed by atoms with Crippen LogP contribution in [-0.2, 0) is 0 Å². The fourth-order valence-corrected chi connectivity index (χ4v) is 1.29. The van der Waals surface area contributed by atoms with Crippen LogP contribution in [-0.4, -0.2) is 11.0 Å². The minimum atomic E-state index is -0.679. The van der Waals surface area contributed by atoms with Gasteiger partial charge in [0.25, 0.3) is 0 Å². The first kappa shape index (κ1) is 10.1. The Kier molecular flexibility index (Phi) is 3.66. The second-order valence-electron chi connectivity index (χ2n) is 2.34. The van der Waals surface area contributed by atoms with Gasteiger partial charge < -0.3 is 5.11 Å². The Morgan fingerprint density at radius 1 is 1.25 bits per heavy atom. The zero-order valence-corrected chi connectivity index (χ0v) is 8.37. The normalized spacial score (nSPS) is 13.0. The van der Waals surface area contributed by atoms with Crippen molar-refractivity contribution in [1.29, 1.82) is 0 Å². The molecular formula is C8H7Cl3O. The Morgan fingerprint density at radius 3 is 2.42 bits per heavy atom. The molecule has 1 aromatic rings. The van der Waals surface area contributed by atoms with Crippen LogP contribution in [0.2, 0.25) is 10.0 Å². The minimum absolute atomic E-state index is 0.151. The molecule has 66 valence electrons. The molecular weight excluding hydrogens is 218 g/mol. The number of alkyl halides is 1. The van der Waals surface area contributed by atoms with E-state index in [9.17, 15) is 5.11 Å². The van der Waals surface area contributed by atoms with Gasteiger partial charge in [-0.05, 0) is 17.7 Å². The monoisotopic (exact) mass is 224 g/mol. The van der Waals surface area contributed by atoms with Crippen LogP contribution in [0.25, 0.3) is 0 Å². The topological polar surface area (TPSA) is 20.2 Å². The zero-order valence-electron chi connectivity index (χ0n) is 6.10. The van der Waals surface area contributed by atoms with E-state index < -0.39 is 6.10 Å². The average Bonchev–Trinajstić information content (AvgIpc) is 2.08. The van der Waals surface area contributed by atoms with Crippen LogP contribution in [0.4, 0.5) is 0 Å². The van der Waals surface area contributed by atoms with Gasteiger partial charge in [0.1, 0.15) is 0 Å². The second-order valence-corrected chi connectivity index (χ2v) is 3.47. The first-order valence-corrected chi connectivity index (χ1v) is 4.63. The smallest absolute Gasteiger partial charge is 0.0925 e. The van der Waals surface area contributed by atoms with Gasteiger partial charge in [0.2, 0.25) is 0 Å². The third-order valence-corrected chi connectivity index (χ3v) is 2.51. The van der Waals surface area contributed by atoms with Gasteiger partial charge in [-0.3, -0.25) is 0 Å². The standard InChI is InChI=1S/C8H7Cl3O/c9-4-8(12)5-1-2-6(10)7(11)3-5/h1-3,8,12H,4H2/t8-/m1/s1. The zero-order chi connectivity index (χ0) is 9.14. The van der Waals surface area contributed by atoms with Gasteiger partial charge in [0.15, 0.2) is 0 Å². The number of aliphatic hydroxyl groups is 1. The van der Waals surface area contributed by atoms with E-state index in [1.165, 1.54) is 0 Å². The van der Waals surface area contributed by atoms with Gasteiger partial charge in [0.05, 0.1) is 22.0 Å². The predicted octanol–water partition coefficient (Wildman–Crippen LogP) is 3.27. The molecule has 0 amide bonds. The molecule has 1 atom stereocenters. The van der Waals surface area contributed by atoms with E-state index in [2.05, 4.69) is 0 Å². The maximum Gasteiger partial charge on any atom is 0.0925 e. The van der Waals surface area contributed by atoms with Crippen molar-refractivity contribution >= 4 is 34.8 Å². The molecule has 0 fully saturated rings. The van der Waals surface area contributed by atoms with Crippen LogP contribution < -0.4 is 0 Å². The van der Waals surface area contributed by atoms with Crippen molar-refractivity contribution < 1.29 is 5.11 Å². The Balaban J connectivity index is 2.96. The molecule has 12 heavy (non-hydrogen) atoms. The van der Waals surface area contributed by atoms with Crippen LogP contribution in [0.5, 0.6) is 0 Å². The average molecular weight is 226 g/mol. The number of hydrogen-bond acceptors (Lipinski definition) is 1. The molecule has 4 heteroatoms. The Hall–Kier alpha value is 0.0500. The number of aliphatic hydroxyl groups excluding tert-OH is 1. The highest BCUT2D eigenvalue weighted by Crippen LogP contribution is 2.25. The third kappa shape index (κ3) is 2.27. The third-order valence-electron chi connectivity index (χ3n) is 1.47. The summed E-state index contributed by atoms with van der Waals surface area (Å²) in [4.78, 5) is 0. The molecule has 0 aromatic heterocycles. The van der Waals surface area contributed by atoms with Crippen LogP contribution in [0.15, 0.2) is 18.2 Å². The summed E-state index contributed by atoms with van der Waals surface area (Å²) in [5.41, 5.74) is 0.680. The molecule has 0 bridgehead atoms. The first-order valence-electron chi connectivity index (χ1n) is 3.34. The van der Waals surface area contributed by atoms with Gasteiger partial charge in [-0.15, -0.1) is 11.6 Å². The molecule has 0 unspecified atom stereocenters. The summed E-state index contributed by atoms with van der Waals surface area (Å²) in [6.45, 7) is 0. The molecule has 0 spiro atoms. The molecule has 1 nitrogen and oxygen atoms in total. The summed E-state index contributed by atoms with van der Waals surface area (Å²) < 4.78 is 0. The Labute approximate surface area is 85.9 Å². The second kappa shape index (κ2) is 4.33. The maximum atomic E-state index is 9.31. The van der Waals surface area contributed by atoms with Crippen molar-refractivity contribution in [3.05, 3.63) is 33.8 Å². The van der Waals surface area contributed by atoms with E-state index in [4.69, 9.17) is 34.8 Å². The highest BCUT2D eigenvalue weighted by molar-refractivity contribution is 6.42. The number of halogens is 3. The quantitative estimate of drug-likeness (QED) is 0.766. The summed E-state index contributed by atoms with van der Waals surface area (Å²) in [5.74, 6) is 0.151. The van der Waals surface area contributed by atoms with Crippen LogP contribution in [0, 0.1) is 0 Å². The maximum absolute atomic E-state index is 9.31. The summed E-state index contributed by atoms with van der Waals surface area (Å²) >= 11 is 16.9. The number of rotatable bonds is 2. The Morgan fingerprint density at radius 2 is 1.92 bits per heavy atom. The molecule has 0 saturated heterocycles. The fourth-order valence-electron chi connectivity index (χ4n) is 0.809. The molecule has 1 N–H and O–H groups in total. The van der Waals surface area contributed by atoms with Gasteiger partial charge in [-0.2, -0.15) is 0 Å². The fraction of sp³-hybridized carbons (Fsp3) is 0.250. The van der Waals surface area contributed by atoms with Gasteiger partial charge in [-0.1, -0.05) is 29.3 Å². The highest BCUT2D eigenvalue weighted by atomic mass is 35.5. The van der Waals surface area contributed by atoms with Crippen molar-refractivity contribution in [2.75, 3.05) is 5.88 Å². The van der Waals surface area contributed by atoms with Crippen LogP contribution in [0.1, 0.15) is 11.7 Å². The molecule has 1 rings (SSSR count). The summed E-state index contributed by atoms with van der Waals surface area (Å²) in [6.07, 6.45) is -0.679. The lowest BCUT2D eigenvalue weighted by Gasteiger charge is -2.07. The van der Waals surface area contributed by atoms with Crippen molar-refractivity contribution in [2.24, 2.45) is 0 Å². The molecule has 0 aliphatic heterocycles. The van der Waals surface area contributed by atoms with E-state index in [1.807, 2.05) is 0 Å². The summed E-state index contributed by atoms with van der Waals surface area (Å²) in [7, 11) is 0. The lowest BCUT2D eigenvalue weighted by Crippen LogP contribution is -1.97. The van der Waals surface area contributed by atoms with Gasteiger partial charge in [-0.25, -0.2) is 0 Å². The van der Waals surface area contributed by atoms with E-state index in [1.54, 1.807) is 18.2 Å². The lowest BCUT2D eigenvalue weighted by molar-refractivity contribution is 0.202. The molecule has 1 aromatic carbocycles. The van der Waals surface area contributed by atoms with Crippen LogP contribution in [0.3, 0.4) is 0 Å². The van der Waals surface area contributed by atoms with Crippen molar-refractivity contribution in [3.63, 3.8) is 0 Å². The molecule has 0 aliphatic carbocycles. The largest absolute Gasteiger partial charge is 0.387 e. The van der Waals surface area contributed by atoms with Gasteiger partial charge in [0, 0.05) is 0 Å². The van der Waals surface area contributed by atoms with E-state index >= 15 is 0 Å². The highest BCUT2D eigenvalue weighted by Gasteiger charge is 2.07.